The van der Waals surface area contributed by atoms with Gasteiger partial charge in [-0.25, -0.2) is 4.79 Å². The van der Waals surface area contributed by atoms with Crippen molar-refractivity contribution in [2.45, 2.75) is 13.2 Å². The number of halogens is 3. The number of hydrogen-bond donors (Lipinski definition) is 0. The molecule has 0 heterocycles. The second kappa shape index (κ2) is 7.97. The minimum absolute atomic E-state index is 0.0794. The SMILES string of the molecule is CN(C)c1cccc(C(=O)OCc2cc(Cl)ccc2OC(F)F)c1. The van der Waals surface area contributed by atoms with Gasteiger partial charge in [-0.15, -0.1) is 0 Å². The lowest BCUT2D eigenvalue weighted by Crippen LogP contribution is -2.11. The van der Waals surface area contributed by atoms with Gasteiger partial charge in [0.25, 0.3) is 0 Å². The lowest BCUT2D eigenvalue weighted by molar-refractivity contribution is -0.0510. The summed E-state index contributed by atoms with van der Waals surface area (Å²) in [5.41, 5.74) is 1.47. The van der Waals surface area contributed by atoms with Gasteiger partial charge in [-0.05, 0) is 36.4 Å². The molecule has 7 heteroatoms. The van der Waals surface area contributed by atoms with Gasteiger partial charge in [-0.2, -0.15) is 8.78 Å². The van der Waals surface area contributed by atoms with E-state index in [1.807, 2.05) is 25.1 Å². The van der Waals surface area contributed by atoms with E-state index in [1.165, 1.54) is 18.2 Å². The van der Waals surface area contributed by atoms with Gasteiger partial charge in [-0.3, -0.25) is 0 Å². The number of carbonyl (C=O) groups excluding carboxylic acids is 1. The van der Waals surface area contributed by atoms with Crippen molar-refractivity contribution in [1.82, 2.24) is 0 Å². The Hall–Kier alpha value is -2.34. The summed E-state index contributed by atoms with van der Waals surface area (Å²) in [4.78, 5) is 14.0. The Kier molecular flexibility index (Phi) is 5.98. The summed E-state index contributed by atoms with van der Waals surface area (Å²) in [5.74, 6) is -0.647. The first-order valence-electron chi connectivity index (χ1n) is 7.04. The topological polar surface area (TPSA) is 38.8 Å². The number of carbonyl (C=O) groups is 1. The zero-order valence-electron chi connectivity index (χ0n) is 13.1. The zero-order valence-corrected chi connectivity index (χ0v) is 13.9. The molecule has 0 N–H and O–H groups in total. The van der Waals surface area contributed by atoms with E-state index in [2.05, 4.69) is 4.74 Å². The van der Waals surface area contributed by atoms with Gasteiger partial charge in [0.15, 0.2) is 0 Å². The van der Waals surface area contributed by atoms with E-state index in [0.717, 1.165) is 5.69 Å². The lowest BCUT2D eigenvalue weighted by atomic mass is 10.2. The van der Waals surface area contributed by atoms with Crippen molar-refractivity contribution in [3.8, 4) is 5.75 Å². The van der Waals surface area contributed by atoms with Gasteiger partial charge in [0.1, 0.15) is 12.4 Å². The maximum Gasteiger partial charge on any atom is 0.387 e. The first kappa shape index (κ1) is 18.0. The van der Waals surface area contributed by atoms with Crippen LogP contribution < -0.4 is 9.64 Å². The van der Waals surface area contributed by atoms with E-state index in [1.54, 1.807) is 18.2 Å². The molecule has 0 aliphatic carbocycles. The number of hydrogen-bond acceptors (Lipinski definition) is 4. The molecule has 2 aromatic carbocycles. The highest BCUT2D eigenvalue weighted by Gasteiger charge is 2.14. The average molecular weight is 356 g/mol. The van der Waals surface area contributed by atoms with Gasteiger partial charge < -0.3 is 14.4 Å². The molecule has 2 rings (SSSR count). The van der Waals surface area contributed by atoms with Gasteiger partial charge in [0.2, 0.25) is 0 Å². The Labute approximate surface area is 143 Å². The van der Waals surface area contributed by atoms with E-state index in [4.69, 9.17) is 16.3 Å². The van der Waals surface area contributed by atoms with Gasteiger partial charge in [0.05, 0.1) is 5.56 Å². The molecule has 0 saturated carbocycles. The fraction of sp³-hybridized carbons (Fsp3) is 0.235. The summed E-state index contributed by atoms with van der Waals surface area (Å²) in [5, 5.41) is 0.331. The third-order valence-corrected chi connectivity index (χ3v) is 3.43. The minimum atomic E-state index is -2.97. The normalized spacial score (nSPS) is 10.6. The predicted molar refractivity (Wildman–Crippen MR) is 88.0 cm³/mol. The molecule has 0 fully saturated rings. The Bertz CT molecular complexity index is 723. The predicted octanol–water partition coefficient (Wildman–Crippen LogP) is 4.36. The van der Waals surface area contributed by atoms with Crippen LogP contribution in [0, 0.1) is 0 Å². The number of esters is 1. The zero-order chi connectivity index (χ0) is 17.7. The first-order chi connectivity index (χ1) is 11.4. The molecule has 0 radical (unpaired) electrons. The van der Waals surface area contributed by atoms with Crippen LogP contribution in [0.1, 0.15) is 15.9 Å². The summed E-state index contributed by atoms with van der Waals surface area (Å²) in [6, 6.07) is 11.0. The monoisotopic (exact) mass is 355 g/mol. The van der Waals surface area contributed by atoms with Crippen LogP contribution in [-0.2, 0) is 11.3 Å². The molecule has 0 spiro atoms. The van der Waals surface area contributed by atoms with Crippen molar-refractivity contribution in [2.24, 2.45) is 0 Å². The van der Waals surface area contributed by atoms with E-state index in [0.29, 0.717) is 10.6 Å². The number of ether oxygens (including phenoxy) is 2. The van der Waals surface area contributed by atoms with Crippen LogP contribution >= 0.6 is 11.6 Å². The summed E-state index contributed by atoms with van der Waals surface area (Å²) in [6.07, 6.45) is 0. The molecule has 0 atom stereocenters. The molecule has 0 aromatic heterocycles. The second-order valence-corrected chi connectivity index (χ2v) is 5.59. The van der Waals surface area contributed by atoms with Crippen LogP contribution in [0.25, 0.3) is 0 Å². The lowest BCUT2D eigenvalue weighted by Gasteiger charge is -2.14. The van der Waals surface area contributed by atoms with Crippen molar-refractivity contribution in [3.63, 3.8) is 0 Å². The third-order valence-electron chi connectivity index (χ3n) is 3.20. The summed E-state index contributed by atoms with van der Waals surface area (Å²) >= 11 is 5.85. The fourth-order valence-electron chi connectivity index (χ4n) is 2.01. The minimum Gasteiger partial charge on any atom is -0.457 e. The average Bonchev–Trinajstić information content (AvgIpc) is 2.54. The second-order valence-electron chi connectivity index (χ2n) is 5.15. The van der Waals surface area contributed by atoms with E-state index in [-0.39, 0.29) is 17.9 Å². The van der Waals surface area contributed by atoms with Crippen LogP contribution in [0.3, 0.4) is 0 Å². The maximum atomic E-state index is 12.4. The molecule has 4 nitrogen and oxygen atoms in total. The highest BCUT2D eigenvalue weighted by atomic mass is 35.5. The summed E-state index contributed by atoms with van der Waals surface area (Å²) in [7, 11) is 3.70. The Morgan fingerprint density at radius 2 is 1.96 bits per heavy atom. The highest BCUT2D eigenvalue weighted by Crippen LogP contribution is 2.25. The number of rotatable bonds is 6. The van der Waals surface area contributed by atoms with Gasteiger partial charge in [0, 0.05) is 30.4 Å². The maximum absolute atomic E-state index is 12.4. The Morgan fingerprint density at radius 1 is 1.21 bits per heavy atom. The molecule has 128 valence electrons. The molecule has 0 amide bonds. The summed E-state index contributed by atoms with van der Waals surface area (Å²) in [6.45, 7) is -3.20. The molecular weight excluding hydrogens is 340 g/mol. The smallest absolute Gasteiger partial charge is 0.387 e. The largest absolute Gasteiger partial charge is 0.457 e. The fourth-order valence-corrected chi connectivity index (χ4v) is 2.20. The van der Waals surface area contributed by atoms with Crippen LogP contribution in [-0.4, -0.2) is 26.7 Å². The van der Waals surface area contributed by atoms with Crippen molar-refractivity contribution in [2.75, 3.05) is 19.0 Å². The molecular formula is C17H16ClF2NO3. The number of alkyl halides is 2. The molecule has 0 unspecified atom stereocenters. The van der Waals surface area contributed by atoms with E-state index >= 15 is 0 Å². The standard InChI is InChI=1S/C17H16ClF2NO3/c1-21(2)14-5-3-4-11(9-14)16(22)23-10-12-8-13(18)6-7-15(12)24-17(19)20/h3-9,17H,10H2,1-2H3. The number of anilines is 1. The van der Waals surface area contributed by atoms with Crippen molar-refractivity contribution in [1.29, 1.82) is 0 Å². The molecule has 0 aliphatic heterocycles. The van der Waals surface area contributed by atoms with Gasteiger partial charge >= 0.3 is 12.6 Å². The Balaban J connectivity index is 2.11. The van der Waals surface area contributed by atoms with Crippen molar-refractivity contribution in [3.05, 3.63) is 58.6 Å². The quantitative estimate of drug-likeness (QED) is 0.721. The van der Waals surface area contributed by atoms with E-state index in [9.17, 15) is 13.6 Å². The highest BCUT2D eigenvalue weighted by molar-refractivity contribution is 6.30. The molecule has 0 saturated heterocycles. The van der Waals surface area contributed by atoms with E-state index < -0.39 is 12.6 Å². The van der Waals surface area contributed by atoms with Crippen LogP contribution in [0.4, 0.5) is 14.5 Å². The van der Waals surface area contributed by atoms with Crippen LogP contribution in [0.5, 0.6) is 5.75 Å². The number of benzene rings is 2. The molecule has 2 aromatic rings. The molecule has 0 aliphatic rings. The number of nitrogens with zero attached hydrogens (tertiary/aromatic N) is 1. The summed E-state index contributed by atoms with van der Waals surface area (Å²) < 4.78 is 34.4. The first-order valence-corrected chi connectivity index (χ1v) is 7.42. The van der Waals surface area contributed by atoms with Crippen molar-refractivity contribution >= 4 is 23.3 Å². The van der Waals surface area contributed by atoms with Gasteiger partial charge in [-0.1, -0.05) is 17.7 Å². The van der Waals surface area contributed by atoms with Crippen LogP contribution in [0.2, 0.25) is 5.02 Å². The Morgan fingerprint density at radius 3 is 2.62 bits per heavy atom. The molecule has 0 bridgehead atoms. The third kappa shape index (κ3) is 4.83. The van der Waals surface area contributed by atoms with Crippen molar-refractivity contribution < 1.29 is 23.0 Å². The molecule has 24 heavy (non-hydrogen) atoms. The van der Waals surface area contributed by atoms with Crippen LogP contribution in [0.15, 0.2) is 42.5 Å².